The molecule has 0 aliphatic heterocycles. The van der Waals surface area contributed by atoms with Gasteiger partial charge in [-0.3, -0.25) is 9.59 Å². The van der Waals surface area contributed by atoms with Crippen LogP contribution in [0.1, 0.15) is 38.8 Å². The van der Waals surface area contributed by atoms with Gasteiger partial charge < -0.3 is 5.32 Å². The zero-order valence-electron chi connectivity index (χ0n) is 13.6. The number of aromatic amines is 1. The van der Waals surface area contributed by atoms with Crippen molar-refractivity contribution < 1.29 is 4.79 Å². The maximum absolute atomic E-state index is 12.4. The molecule has 1 aliphatic carbocycles. The fraction of sp³-hybridized carbons (Fsp3) is 0.500. The third-order valence-corrected chi connectivity index (χ3v) is 5.16. The number of H-pyrrole nitrogens is 1. The molecule has 3 rings (SSSR count). The van der Waals surface area contributed by atoms with Crippen molar-refractivity contribution in [1.29, 1.82) is 0 Å². The molecule has 1 fully saturated rings. The molecule has 23 heavy (non-hydrogen) atoms. The molecule has 1 amide bonds. The number of nitrogens with one attached hydrogen (secondary N) is 2. The molecule has 1 aliphatic rings. The Labute approximate surface area is 135 Å². The van der Waals surface area contributed by atoms with Crippen LogP contribution in [0.25, 0.3) is 10.8 Å². The molecule has 2 aromatic rings. The Hall–Kier alpha value is -2.17. The van der Waals surface area contributed by atoms with E-state index in [1.807, 2.05) is 18.2 Å². The highest BCUT2D eigenvalue weighted by atomic mass is 16.1. The Bertz CT molecular complexity index is 768. The molecule has 1 saturated carbocycles. The maximum atomic E-state index is 12.4. The Morgan fingerprint density at radius 3 is 2.78 bits per heavy atom. The minimum Gasteiger partial charge on any atom is -0.353 e. The van der Waals surface area contributed by atoms with Crippen molar-refractivity contribution in [2.45, 2.75) is 45.6 Å². The second-order valence-electron chi connectivity index (χ2n) is 6.66. The van der Waals surface area contributed by atoms with Gasteiger partial charge in [-0.1, -0.05) is 44.9 Å². The van der Waals surface area contributed by atoms with E-state index in [0.717, 1.165) is 18.2 Å². The topological polar surface area (TPSA) is 74.8 Å². The van der Waals surface area contributed by atoms with Crippen molar-refractivity contribution in [3.8, 4) is 0 Å². The van der Waals surface area contributed by atoms with Gasteiger partial charge in [0.25, 0.3) is 5.56 Å². The smallest absolute Gasteiger partial charge is 0.272 e. The van der Waals surface area contributed by atoms with Crippen LogP contribution < -0.4 is 10.9 Å². The minimum atomic E-state index is -0.223. The first-order valence-corrected chi connectivity index (χ1v) is 8.32. The lowest BCUT2D eigenvalue weighted by molar-refractivity contribution is -0.121. The second kappa shape index (κ2) is 6.52. The number of hydrogen-bond donors (Lipinski definition) is 2. The summed E-state index contributed by atoms with van der Waals surface area (Å²) < 4.78 is 0. The van der Waals surface area contributed by atoms with Crippen LogP contribution in [0, 0.1) is 11.8 Å². The Kier molecular flexibility index (Phi) is 4.46. The van der Waals surface area contributed by atoms with Crippen LogP contribution in [0.4, 0.5) is 0 Å². The SMILES string of the molecule is C[C@@H]1[C@H](C)CCC[C@H]1NC(=O)Cc1n[nH]c(=O)c2ccccc12. The van der Waals surface area contributed by atoms with Crippen LogP contribution >= 0.6 is 0 Å². The van der Waals surface area contributed by atoms with Gasteiger partial charge in [-0.2, -0.15) is 5.10 Å². The molecule has 0 saturated heterocycles. The van der Waals surface area contributed by atoms with E-state index in [2.05, 4.69) is 29.4 Å². The predicted octanol–water partition coefficient (Wildman–Crippen LogP) is 2.41. The van der Waals surface area contributed by atoms with E-state index in [1.165, 1.54) is 6.42 Å². The minimum absolute atomic E-state index is 0.0272. The van der Waals surface area contributed by atoms with Gasteiger partial charge in [-0.15, -0.1) is 0 Å². The van der Waals surface area contributed by atoms with Crippen molar-refractivity contribution in [2.75, 3.05) is 0 Å². The van der Waals surface area contributed by atoms with Crippen LogP contribution in [-0.2, 0) is 11.2 Å². The van der Waals surface area contributed by atoms with E-state index < -0.39 is 0 Å². The van der Waals surface area contributed by atoms with Crippen molar-refractivity contribution in [2.24, 2.45) is 11.8 Å². The van der Waals surface area contributed by atoms with Gasteiger partial charge in [0, 0.05) is 11.4 Å². The Morgan fingerprint density at radius 2 is 2.00 bits per heavy atom. The summed E-state index contributed by atoms with van der Waals surface area (Å²) in [7, 11) is 0. The van der Waals surface area contributed by atoms with Crippen LogP contribution in [0.5, 0.6) is 0 Å². The molecular formula is C18H23N3O2. The largest absolute Gasteiger partial charge is 0.353 e. The summed E-state index contributed by atoms with van der Waals surface area (Å²) >= 11 is 0. The first kappa shape index (κ1) is 15.7. The van der Waals surface area contributed by atoms with Gasteiger partial charge in [0.1, 0.15) is 0 Å². The van der Waals surface area contributed by atoms with E-state index in [9.17, 15) is 9.59 Å². The summed E-state index contributed by atoms with van der Waals surface area (Å²) in [6.45, 7) is 4.46. The lowest BCUT2D eigenvalue weighted by Crippen LogP contribution is -2.44. The average molecular weight is 313 g/mol. The molecule has 0 unspecified atom stereocenters. The zero-order chi connectivity index (χ0) is 16.4. The lowest BCUT2D eigenvalue weighted by Gasteiger charge is -2.34. The fourth-order valence-corrected chi connectivity index (χ4v) is 3.50. The summed E-state index contributed by atoms with van der Waals surface area (Å²) in [6.07, 6.45) is 3.63. The molecule has 0 radical (unpaired) electrons. The third-order valence-electron chi connectivity index (χ3n) is 5.16. The molecule has 122 valence electrons. The monoisotopic (exact) mass is 313 g/mol. The number of carbonyl (C=O) groups is 1. The molecule has 2 N–H and O–H groups in total. The summed E-state index contributed by atoms with van der Waals surface area (Å²) in [4.78, 5) is 24.2. The Morgan fingerprint density at radius 1 is 1.26 bits per heavy atom. The number of carbonyl (C=O) groups excluding carboxylic acids is 1. The molecule has 1 aromatic heterocycles. The molecule has 1 heterocycles. The Balaban J connectivity index is 1.76. The number of rotatable bonds is 3. The van der Waals surface area contributed by atoms with E-state index in [-0.39, 0.29) is 23.9 Å². The standard InChI is InChI=1S/C18H23N3O2/c1-11-6-5-9-15(12(11)2)19-17(22)10-16-13-7-3-4-8-14(13)18(23)21-20-16/h3-4,7-8,11-12,15H,5-6,9-10H2,1-2H3,(H,19,22)(H,21,23)/t11-,12-,15-/m1/s1. The molecule has 1 aromatic carbocycles. The summed E-state index contributed by atoms with van der Waals surface area (Å²) in [5.74, 6) is 1.11. The number of nitrogens with zero attached hydrogens (tertiary/aromatic N) is 1. The van der Waals surface area contributed by atoms with Gasteiger partial charge in [-0.05, 0) is 24.3 Å². The van der Waals surface area contributed by atoms with Crippen LogP contribution in [0.3, 0.4) is 0 Å². The van der Waals surface area contributed by atoms with E-state index in [1.54, 1.807) is 6.07 Å². The highest BCUT2D eigenvalue weighted by Gasteiger charge is 2.28. The van der Waals surface area contributed by atoms with Gasteiger partial charge in [-0.25, -0.2) is 5.10 Å². The van der Waals surface area contributed by atoms with E-state index >= 15 is 0 Å². The summed E-state index contributed by atoms with van der Waals surface area (Å²) in [5, 5.41) is 11.0. The van der Waals surface area contributed by atoms with E-state index in [0.29, 0.717) is 22.9 Å². The van der Waals surface area contributed by atoms with Crippen molar-refractivity contribution in [1.82, 2.24) is 15.5 Å². The number of aromatic nitrogens is 2. The molecule has 0 bridgehead atoms. The normalized spacial score (nSPS) is 24.5. The summed E-state index contributed by atoms with van der Waals surface area (Å²) in [6, 6.07) is 7.50. The highest BCUT2D eigenvalue weighted by Crippen LogP contribution is 2.29. The van der Waals surface area contributed by atoms with E-state index in [4.69, 9.17) is 0 Å². The average Bonchev–Trinajstić information content (AvgIpc) is 2.55. The van der Waals surface area contributed by atoms with Gasteiger partial charge in [0.2, 0.25) is 5.91 Å². The molecule has 5 nitrogen and oxygen atoms in total. The third kappa shape index (κ3) is 3.28. The quantitative estimate of drug-likeness (QED) is 0.913. The van der Waals surface area contributed by atoms with Crippen LogP contribution in [-0.4, -0.2) is 22.1 Å². The first-order chi connectivity index (χ1) is 11.1. The number of benzene rings is 1. The van der Waals surface area contributed by atoms with Crippen LogP contribution in [0.2, 0.25) is 0 Å². The number of fused-ring (bicyclic) bond motifs is 1. The molecule has 3 atom stereocenters. The second-order valence-corrected chi connectivity index (χ2v) is 6.66. The molecular weight excluding hydrogens is 290 g/mol. The van der Waals surface area contributed by atoms with Crippen LogP contribution in [0.15, 0.2) is 29.1 Å². The van der Waals surface area contributed by atoms with Gasteiger partial charge >= 0.3 is 0 Å². The number of hydrogen-bond acceptors (Lipinski definition) is 3. The highest BCUT2D eigenvalue weighted by molar-refractivity contribution is 5.88. The molecule has 0 spiro atoms. The predicted molar refractivity (Wildman–Crippen MR) is 90.2 cm³/mol. The first-order valence-electron chi connectivity index (χ1n) is 8.32. The van der Waals surface area contributed by atoms with Gasteiger partial charge in [0.05, 0.1) is 17.5 Å². The zero-order valence-corrected chi connectivity index (χ0v) is 13.6. The molecule has 5 heteroatoms. The van der Waals surface area contributed by atoms with Crippen molar-refractivity contribution in [3.05, 3.63) is 40.3 Å². The fourth-order valence-electron chi connectivity index (χ4n) is 3.50. The van der Waals surface area contributed by atoms with Gasteiger partial charge in [0.15, 0.2) is 0 Å². The number of amides is 1. The maximum Gasteiger partial charge on any atom is 0.272 e. The van der Waals surface area contributed by atoms with Crippen molar-refractivity contribution >= 4 is 16.7 Å². The summed E-state index contributed by atoms with van der Waals surface area (Å²) in [5.41, 5.74) is 0.397. The lowest BCUT2D eigenvalue weighted by atomic mass is 9.78. The van der Waals surface area contributed by atoms with Crippen molar-refractivity contribution in [3.63, 3.8) is 0 Å².